The molecule has 0 saturated carbocycles. The zero-order valence-electron chi connectivity index (χ0n) is 12.6. The standard InChI is InChI=1S/C15H13ClF4N2O2S/c16-10-1-4-12(5-2-10)25(23,24)22-8-7-21-11-3-6-14(17)13(9-11)15(18,19)20/h1-6,9,21-22H,7-8H2. The summed E-state index contributed by atoms with van der Waals surface area (Å²) in [5.41, 5.74) is -1.36. The number of halogens is 5. The lowest BCUT2D eigenvalue weighted by molar-refractivity contribution is -0.139. The Kier molecular flexibility index (Phi) is 5.91. The highest BCUT2D eigenvalue weighted by atomic mass is 35.5. The molecule has 2 aromatic carbocycles. The predicted molar refractivity (Wildman–Crippen MR) is 86.5 cm³/mol. The molecule has 10 heteroatoms. The Morgan fingerprint density at radius 1 is 1.00 bits per heavy atom. The highest BCUT2D eigenvalue weighted by Crippen LogP contribution is 2.32. The Bertz CT molecular complexity index is 840. The lowest BCUT2D eigenvalue weighted by Gasteiger charge is -2.12. The minimum atomic E-state index is -4.81. The molecule has 25 heavy (non-hydrogen) atoms. The lowest BCUT2D eigenvalue weighted by atomic mass is 10.2. The van der Waals surface area contributed by atoms with Crippen LogP contribution in [0.2, 0.25) is 5.02 Å². The minimum Gasteiger partial charge on any atom is -0.384 e. The van der Waals surface area contributed by atoms with Crippen LogP contribution in [0.4, 0.5) is 23.2 Å². The van der Waals surface area contributed by atoms with Crippen LogP contribution >= 0.6 is 11.6 Å². The molecule has 0 aliphatic rings. The second-order valence-corrected chi connectivity index (χ2v) is 7.17. The van der Waals surface area contributed by atoms with Crippen LogP contribution in [0.1, 0.15) is 5.56 Å². The van der Waals surface area contributed by atoms with Crippen LogP contribution < -0.4 is 10.0 Å². The van der Waals surface area contributed by atoms with Gasteiger partial charge in [0.2, 0.25) is 10.0 Å². The number of nitrogens with one attached hydrogen (secondary N) is 2. The van der Waals surface area contributed by atoms with Crippen molar-refractivity contribution in [1.29, 1.82) is 0 Å². The van der Waals surface area contributed by atoms with Gasteiger partial charge in [-0.05, 0) is 42.5 Å². The Morgan fingerprint density at radius 2 is 1.64 bits per heavy atom. The molecule has 2 rings (SSSR count). The number of rotatable bonds is 6. The van der Waals surface area contributed by atoms with E-state index in [-0.39, 0.29) is 23.7 Å². The molecule has 0 saturated heterocycles. The van der Waals surface area contributed by atoms with Gasteiger partial charge in [0, 0.05) is 23.8 Å². The Labute approximate surface area is 146 Å². The third kappa shape index (κ3) is 5.32. The Balaban J connectivity index is 1.94. The first kappa shape index (κ1) is 19.5. The summed E-state index contributed by atoms with van der Waals surface area (Å²) in [6.07, 6.45) is -4.81. The van der Waals surface area contributed by atoms with Crippen molar-refractivity contribution in [3.05, 3.63) is 58.9 Å². The Hall–Kier alpha value is -1.84. The summed E-state index contributed by atoms with van der Waals surface area (Å²) < 4.78 is 77.3. The van der Waals surface area contributed by atoms with Crippen molar-refractivity contribution in [3.63, 3.8) is 0 Å². The van der Waals surface area contributed by atoms with Crippen molar-refractivity contribution in [2.75, 3.05) is 18.4 Å². The number of hydrogen-bond acceptors (Lipinski definition) is 3. The largest absolute Gasteiger partial charge is 0.419 e. The fourth-order valence-corrected chi connectivity index (χ4v) is 3.10. The summed E-state index contributed by atoms with van der Waals surface area (Å²) in [5, 5.41) is 2.99. The first-order chi connectivity index (χ1) is 11.6. The van der Waals surface area contributed by atoms with E-state index >= 15 is 0 Å². The zero-order valence-corrected chi connectivity index (χ0v) is 14.1. The average Bonchev–Trinajstić information content (AvgIpc) is 2.52. The second kappa shape index (κ2) is 7.59. The van der Waals surface area contributed by atoms with Crippen LogP contribution in [-0.2, 0) is 16.2 Å². The highest BCUT2D eigenvalue weighted by molar-refractivity contribution is 7.89. The van der Waals surface area contributed by atoms with Gasteiger partial charge in [0.05, 0.1) is 10.5 Å². The van der Waals surface area contributed by atoms with Gasteiger partial charge in [-0.2, -0.15) is 13.2 Å². The normalized spacial score (nSPS) is 12.2. The van der Waals surface area contributed by atoms with Crippen LogP contribution in [0.15, 0.2) is 47.4 Å². The summed E-state index contributed by atoms with van der Waals surface area (Å²) in [5.74, 6) is -1.37. The van der Waals surface area contributed by atoms with Crippen molar-refractivity contribution < 1.29 is 26.0 Å². The summed E-state index contributed by atoms with van der Waals surface area (Å²) >= 11 is 5.68. The van der Waals surface area contributed by atoms with E-state index in [2.05, 4.69) is 10.0 Å². The first-order valence-corrected chi connectivity index (χ1v) is 8.81. The summed E-state index contributed by atoms with van der Waals surface area (Å²) in [4.78, 5) is 0.0121. The molecule has 0 fully saturated rings. The van der Waals surface area contributed by atoms with E-state index in [0.29, 0.717) is 17.2 Å². The van der Waals surface area contributed by atoms with Crippen molar-refractivity contribution in [2.45, 2.75) is 11.1 Å². The molecular weight excluding hydrogens is 384 g/mol. The van der Waals surface area contributed by atoms with Crippen molar-refractivity contribution in [3.8, 4) is 0 Å². The van der Waals surface area contributed by atoms with Crippen LogP contribution in [0, 0.1) is 5.82 Å². The molecule has 0 atom stereocenters. The van der Waals surface area contributed by atoms with Gasteiger partial charge in [-0.1, -0.05) is 11.6 Å². The monoisotopic (exact) mass is 396 g/mol. The number of alkyl halides is 3. The first-order valence-electron chi connectivity index (χ1n) is 6.95. The fraction of sp³-hybridized carbons (Fsp3) is 0.200. The number of anilines is 1. The number of benzene rings is 2. The molecule has 0 aliphatic carbocycles. The fourth-order valence-electron chi connectivity index (χ4n) is 1.94. The van der Waals surface area contributed by atoms with E-state index in [4.69, 9.17) is 11.6 Å². The van der Waals surface area contributed by atoms with Gasteiger partial charge in [-0.3, -0.25) is 0 Å². The van der Waals surface area contributed by atoms with Gasteiger partial charge >= 0.3 is 6.18 Å². The molecule has 0 unspecified atom stereocenters. The summed E-state index contributed by atoms with van der Waals surface area (Å²) in [6, 6.07) is 7.96. The highest BCUT2D eigenvalue weighted by Gasteiger charge is 2.34. The Morgan fingerprint density at radius 3 is 2.24 bits per heavy atom. The van der Waals surface area contributed by atoms with Gasteiger partial charge in [0.25, 0.3) is 0 Å². The lowest BCUT2D eigenvalue weighted by Crippen LogP contribution is -2.29. The molecule has 2 aromatic rings. The van der Waals surface area contributed by atoms with E-state index in [1.807, 2.05) is 0 Å². The van der Waals surface area contributed by atoms with Crippen molar-refractivity contribution in [1.82, 2.24) is 4.72 Å². The van der Waals surface area contributed by atoms with Crippen LogP contribution in [0.25, 0.3) is 0 Å². The van der Waals surface area contributed by atoms with E-state index in [0.717, 1.165) is 6.07 Å². The SMILES string of the molecule is O=S(=O)(NCCNc1ccc(F)c(C(F)(F)F)c1)c1ccc(Cl)cc1. The van der Waals surface area contributed by atoms with Crippen LogP contribution in [0.3, 0.4) is 0 Å². The van der Waals surface area contributed by atoms with E-state index in [1.54, 1.807) is 0 Å². The number of sulfonamides is 1. The third-order valence-corrected chi connectivity index (χ3v) is 4.87. The van der Waals surface area contributed by atoms with Crippen molar-refractivity contribution in [2.24, 2.45) is 0 Å². The number of hydrogen-bond donors (Lipinski definition) is 2. The van der Waals surface area contributed by atoms with Crippen molar-refractivity contribution >= 4 is 27.3 Å². The predicted octanol–water partition coefficient (Wildman–Crippen LogP) is 3.89. The average molecular weight is 397 g/mol. The third-order valence-electron chi connectivity index (χ3n) is 3.14. The maximum Gasteiger partial charge on any atom is 0.419 e. The molecule has 0 spiro atoms. The maximum atomic E-state index is 13.2. The topological polar surface area (TPSA) is 58.2 Å². The molecule has 0 aromatic heterocycles. The van der Waals surface area contributed by atoms with E-state index in [1.165, 1.54) is 24.3 Å². The molecule has 0 amide bonds. The second-order valence-electron chi connectivity index (χ2n) is 4.97. The summed E-state index contributed by atoms with van der Waals surface area (Å²) in [7, 11) is -3.76. The quantitative estimate of drug-likeness (QED) is 0.575. The zero-order chi connectivity index (χ0) is 18.7. The molecule has 0 radical (unpaired) electrons. The smallest absolute Gasteiger partial charge is 0.384 e. The van der Waals surface area contributed by atoms with Gasteiger partial charge in [0.1, 0.15) is 5.82 Å². The van der Waals surface area contributed by atoms with Crippen LogP contribution in [0.5, 0.6) is 0 Å². The van der Waals surface area contributed by atoms with Gasteiger partial charge in [0.15, 0.2) is 0 Å². The molecule has 136 valence electrons. The van der Waals surface area contributed by atoms with Gasteiger partial charge < -0.3 is 5.32 Å². The minimum absolute atomic E-state index is 0.00967. The molecular formula is C15H13ClF4N2O2S. The molecule has 0 bridgehead atoms. The molecule has 0 heterocycles. The van der Waals surface area contributed by atoms with E-state index in [9.17, 15) is 26.0 Å². The molecule has 4 nitrogen and oxygen atoms in total. The summed E-state index contributed by atoms with van der Waals surface area (Å²) in [6.45, 7) is -0.0700. The van der Waals surface area contributed by atoms with Crippen LogP contribution in [-0.4, -0.2) is 21.5 Å². The van der Waals surface area contributed by atoms with Gasteiger partial charge in [-0.25, -0.2) is 17.5 Å². The molecule has 0 aliphatic heterocycles. The van der Waals surface area contributed by atoms with Gasteiger partial charge in [-0.15, -0.1) is 0 Å². The maximum absolute atomic E-state index is 13.2. The van der Waals surface area contributed by atoms with E-state index < -0.39 is 27.6 Å². The molecule has 2 N–H and O–H groups in total.